The first-order chi connectivity index (χ1) is 6.80. The third-order valence-corrected chi connectivity index (χ3v) is 1.74. The van der Waals surface area contributed by atoms with Crippen LogP contribution in [0.1, 0.15) is 12.5 Å². The van der Waals surface area contributed by atoms with Gasteiger partial charge in [-0.1, -0.05) is 11.6 Å². The Kier molecular flexibility index (Phi) is 3.18. The molecule has 0 saturated carbocycles. The number of pyridine rings is 1. The highest BCUT2D eigenvalue weighted by atomic mass is 35.5. The van der Waals surface area contributed by atoms with Crippen molar-refractivity contribution < 1.29 is 13.2 Å². The molecule has 0 radical (unpaired) electrons. The summed E-state index contributed by atoms with van der Waals surface area (Å²) in [4.78, 5) is 7.01. The molecule has 15 heavy (non-hydrogen) atoms. The van der Waals surface area contributed by atoms with Crippen molar-refractivity contribution in [1.82, 2.24) is 4.98 Å². The van der Waals surface area contributed by atoms with Crippen LogP contribution in [-0.2, 0) is 6.18 Å². The minimum absolute atomic E-state index is 0.0912. The summed E-state index contributed by atoms with van der Waals surface area (Å²) in [6.45, 7) is 1.44. The highest BCUT2D eigenvalue weighted by molar-refractivity contribution is 6.31. The molecule has 0 unspecified atom stereocenters. The number of rotatable bonds is 1. The van der Waals surface area contributed by atoms with Gasteiger partial charge in [-0.3, -0.25) is 0 Å². The molecule has 0 saturated heterocycles. The van der Waals surface area contributed by atoms with E-state index in [1.165, 1.54) is 6.92 Å². The predicted molar refractivity (Wildman–Crippen MR) is 51.2 cm³/mol. The summed E-state index contributed by atoms with van der Waals surface area (Å²) in [7, 11) is 0. The van der Waals surface area contributed by atoms with Gasteiger partial charge in [-0.15, -0.1) is 0 Å². The molecule has 1 aromatic rings. The fourth-order valence-corrected chi connectivity index (χ4v) is 1.01. The van der Waals surface area contributed by atoms with Crippen LogP contribution in [0, 0.1) is 0 Å². The number of nitrogens with zero attached hydrogens (tertiary/aromatic N) is 2. The van der Waals surface area contributed by atoms with Crippen molar-refractivity contribution in [3.8, 4) is 0 Å². The van der Waals surface area contributed by atoms with Gasteiger partial charge in [0.2, 0.25) is 0 Å². The molecule has 0 aliphatic heterocycles. The Morgan fingerprint density at radius 2 is 2.13 bits per heavy atom. The van der Waals surface area contributed by atoms with E-state index in [1.54, 1.807) is 0 Å². The molecule has 2 N–H and O–H groups in total. The number of aliphatic imine (C=N–C) groups is 1. The number of nitrogens with two attached hydrogens (primary N) is 1. The molecule has 1 rings (SSSR count). The third-order valence-electron chi connectivity index (χ3n) is 1.44. The highest BCUT2D eigenvalue weighted by Gasteiger charge is 2.31. The summed E-state index contributed by atoms with van der Waals surface area (Å²) >= 11 is 5.55. The summed E-state index contributed by atoms with van der Waals surface area (Å²) in [5.74, 6) is 0.109. The molecule has 1 heterocycles. The Labute approximate surface area is 88.8 Å². The van der Waals surface area contributed by atoms with Gasteiger partial charge < -0.3 is 5.73 Å². The largest absolute Gasteiger partial charge is 0.417 e. The Morgan fingerprint density at radius 1 is 1.53 bits per heavy atom. The fourth-order valence-electron chi connectivity index (χ4n) is 0.860. The Bertz CT molecular complexity index is 397. The van der Waals surface area contributed by atoms with Crippen molar-refractivity contribution in [2.75, 3.05) is 0 Å². The first kappa shape index (κ1) is 11.8. The summed E-state index contributed by atoms with van der Waals surface area (Å²) in [6, 6.07) is 0.797. The molecule has 0 aliphatic carbocycles. The van der Waals surface area contributed by atoms with E-state index in [-0.39, 0.29) is 16.7 Å². The predicted octanol–water partition coefficient (Wildman–Crippen LogP) is 2.76. The topological polar surface area (TPSA) is 51.3 Å². The molecule has 0 atom stereocenters. The maximum atomic E-state index is 12.3. The standard InChI is InChI=1S/C8H7ClF3N3/c1-4(13)15-6-2-5(8(10,11)12)3-14-7(6)9/h2-3H,1H3,(H2,13,15). The number of aromatic nitrogens is 1. The molecule has 0 spiro atoms. The maximum absolute atomic E-state index is 12.3. The van der Waals surface area contributed by atoms with Crippen LogP contribution in [0.25, 0.3) is 0 Å². The molecular weight excluding hydrogens is 231 g/mol. The Morgan fingerprint density at radius 3 is 2.60 bits per heavy atom. The van der Waals surface area contributed by atoms with Gasteiger partial charge in [-0.25, -0.2) is 9.98 Å². The quantitative estimate of drug-likeness (QED) is 0.464. The lowest BCUT2D eigenvalue weighted by Gasteiger charge is -2.07. The molecule has 3 nitrogen and oxygen atoms in total. The van der Waals surface area contributed by atoms with Gasteiger partial charge in [-0.05, 0) is 13.0 Å². The minimum atomic E-state index is -4.47. The van der Waals surface area contributed by atoms with Gasteiger partial charge in [-0.2, -0.15) is 13.2 Å². The molecule has 0 bridgehead atoms. The van der Waals surface area contributed by atoms with E-state index in [2.05, 4.69) is 9.98 Å². The number of hydrogen-bond acceptors (Lipinski definition) is 2. The van der Waals surface area contributed by atoms with Gasteiger partial charge >= 0.3 is 6.18 Å². The van der Waals surface area contributed by atoms with Crippen LogP contribution in [0.3, 0.4) is 0 Å². The average Bonchev–Trinajstić information content (AvgIpc) is 2.06. The van der Waals surface area contributed by atoms with Crippen molar-refractivity contribution in [2.45, 2.75) is 13.1 Å². The van der Waals surface area contributed by atoms with E-state index in [0.717, 1.165) is 6.07 Å². The summed E-state index contributed by atoms with van der Waals surface area (Å²) < 4.78 is 36.8. The molecule has 1 aromatic heterocycles. The van der Waals surface area contributed by atoms with Gasteiger partial charge in [0.1, 0.15) is 5.69 Å². The zero-order valence-corrected chi connectivity index (χ0v) is 8.39. The van der Waals surface area contributed by atoms with E-state index in [1.807, 2.05) is 0 Å². The SMILES string of the molecule is CC(N)=Nc1cc(C(F)(F)F)cnc1Cl. The summed E-state index contributed by atoms with van der Waals surface area (Å²) in [5.41, 5.74) is 4.23. The average molecular weight is 238 g/mol. The van der Waals surface area contributed by atoms with Crippen molar-refractivity contribution in [3.05, 3.63) is 23.0 Å². The van der Waals surface area contributed by atoms with Gasteiger partial charge in [0, 0.05) is 6.20 Å². The van der Waals surface area contributed by atoms with E-state index in [9.17, 15) is 13.2 Å². The first-order valence-corrected chi connectivity index (χ1v) is 4.22. The highest BCUT2D eigenvalue weighted by Crippen LogP contribution is 2.33. The lowest BCUT2D eigenvalue weighted by atomic mass is 10.2. The van der Waals surface area contributed by atoms with E-state index >= 15 is 0 Å². The van der Waals surface area contributed by atoms with E-state index in [0.29, 0.717) is 6.20 Å². The molecule has 82 valence electrons. The van der Waals surface area contributed by atoms with E-state index in [4.69, 9.17) is 17.3 Å². The smallest absolute Gasteiger partial charge is 0.387 e. The molecule has 0 aliphatic rings. The normalized spacial score (nSPS) is 13.0. The summed E-state index contributed by atoms with van der Waals surface area (Å²) in [6.07, 6.45) is -3.82. The molecule has 0 fully saturated rings. The van der Waals surface area contributed by atoms with Crippen LogP contribution in [0.4, 0.5) is 18.9 Å². The summed E-state index contributed by atoms with van der Waals surface area (Å²) in [5, 5.41) is -0.118. The van der Waals surface area contributed by atoms with Crippen LogP contribution < -0.4 is 5.73 Å². The molecule has 7 heteroatoms. The van der Waals surface area contributed by atoms with Crippen LogP contribution >= 0.6 is 11.6 Å². The maximum Gasteiger partial charge on any atom is 0.417 e. The van der Waals surface area contributed by atoms with Crippen LogP contribution in [-0.4, -0.2) is 10.8 Å². The number of alkyl halides is 3. The minimum Gasteiger partial charge on any atom is -0.387 e. The number of hydrogen-bond donors (Lipinski definition) is 1. The van der Waals surface area contributed by atoms with Crippen molar-refractivity contribution in [2.24, 2.45) is 10.7 Å². The van der Waals surface area contributed by atoms with Crippen molar-refractivity contribution in [3.63, 3.8) is 0 Å². The molecule has 0 amide bonds. The number of halogens is 4. The monoisotopic (exact) mass is 237 g/mol. The van der Waals surface area contributed by atoms with Crippen LogP contribution in [0.15, 0.2) is 17.3 Å². The third kappa shape index (κ3) is 3.09. The first-order valence-electron chi connectivity index (χ1n) is 3.84. The Balaban J connectivity index is 3.23. The zero-order valence-electron chi connectivity index (χ0n) is 7.64. The van der Waals surface area contributed by atoms with Gasteiger partial charge in [0.15, 0.2) is 5.15 Å². The zero-order chi connectivity index (χ0) is 11.6. The molecule has 0 aromatic carbocycles. The van der Waals surface area contributed by atoms with Crippen molar-refractivity contribution in [1.29, 1.82) is 0 Å². The van der Waals surface area contributed by atoms with Gasteiger partial charge in [0.25, 0.3) is 0 Å². The van der Waals surface area contributed by atoms with Crippen molar-refractivity contribution >= 4 is 23.1 Å². The number of amidine groups is 1. The lowest BCUT2D eigenvalue weighted by Crippen LogP contribution is -2.07. The van der Waals surface area contributed by atoms with Crippen LogP contribution in [0.2, 0.25) is 5.15 Å². The van der Waals surface area contributed by atoms with E-state index < -0.39 is 11.7 Å². The fraction of sp³-hybridized carbons (Fsp3) is 0.250. The molecular formula is C8H7ClF3N3. The van der Waals surface area contributed by atoms with Crippen LogP contribution in [0.5, 0.6) is 0 Å². The second-order valence-electron chi connectivity index (χ2n) is 2.78. The van der Waals surface area contributed by atoms with Gasteiger partial charge in [0.05, 0.1) is 11.4 Å². The lowest BCUT2D eigenvalue weighted by molar-refractivity contribution is -0.137. The second-order valence-corrected chi connectivity index (χ2v) is 3.14. The Hall–Kier alpha value is -1.30. The second kappa shape index (κ2) is 4.06.